The Kier molecular flexibility index (Phi) is 6.51. The minimum absolute atomic E-state index is 0.107. The van der Waals surface area contributed by atoms with Crippen LogP contribution in [0.15, 0.2) is 96.4 Å². The first-order valence-electron chi connectivity index (χ1n) is 11.2. The lowest BCUT2D eigenvalue weighted by Gasteiger charge is -2.36. The van der Waals surface area contributed by atoms with Crippen LogP contribution in [-0.2, 0) is 6.42 Å². The number of para-hydroxylation sites is 2. The molecule has 0 radical (unpaired) electrons. The van der Waals surface area contributed by atoms with E-state index in [1.165, 1.54) is 16.9 Å². The number of hydrogen-bond donors (Lipinski definition) is 1. The van der Waals surface area contributed by atoms with Crippen LogP contribution in [0, 0.1) is 0 Å². The Balaban J connectivity index is 1.37. The summed E-state index contributed by atoms with van der Waals surface area (Å²) in [6.07, 6.45) is 0.853. The fourth-order valence-corrected chi connectivity index (χ4v) is 5.10. The summed E-state index contributed by atoms with van der Waals surface area (Å²) in [6.45, 7) is 2.35. The second-order valence-corrected chi connectivity index (χ2v) is 9.07. The van der Waals surface area contributed by atoms with Crippen molar-refractivity contribution in [3.8, 4) is 22.6 Å². The lowest BCUT2D eigenvalue weighted by molar-refractivity contribution is 0.0641. The van der Waals surface area contributed by atoms with Gasteiger partial charge >= 0.3 is 0 Å². The maximum Gasteiger partial charge on any atom is 0.264 e. The number of nitrogens with one attached hydrogen (secondary N) is 1. The molecular weight excluding hydrogens is 428 g/mol. The molecule has 0 spiro atoms. The zero-order chi connectivity index (χ0) is 22.5. The largest absolute Gasteiger partial charge is 0.457 e. The zero-order valence-electron chi connectivity index (χ0n) is 18.3. The SMILES string of the molecule is O=C(c1cc(-c2ccccc2Oc2ccccc2)cs1)N1CCNCC1Cc1ccccc1. The number of ether oxygens (including phenoxy) is 1. The normalized spacial score (nSPS) is 15.9. The zero-order valence-corrected chi connectivity index (χ0v) is 19.1. The van der Waals surface area contributed by atoms with Crippen molar-refractivity contribution in [1.82, 2.24) is 10.2 Å². The molecule has 1 saturated heterocycles. The topological polar surface area (TPSA) is 41.6 Å². The number of benzene rings is 3. The van der Waals surface area contributed by atoms with Gasteiger partial charge in [-0.05, 0) is 47.2 Å². The molecular formula is C28H26N2O2S. The summed E-state index contributed by atoms with van der Waals surface area (Å²) >= 11 is 1.50. The summed E-state index contributed by atoms with van der Waals surface area (Å²) in [5.41, 5.74) is 3.24. The van der Waals surface area contributed by atoms with E-state index < -0.39 is 0 Å². The molecule has 0 saturated carbocycles. The molecule has 4 nitrogen and oxygen atoms in total. The molecule has 5 rings (SSSR count). The van der Waals surface area contributed by atoms with E-state index in [0.29, 0.717) is 0 Å². The van der Waals surface area contributed by atoms with Crippen molar-refractivity contribution in [3.63, 3.8) is 0 Å². The van der Waals surface area contributed by atoms with Crippen molar-refractivity contribution >= 4 is 17.2 Å². The molecule has 1 aromatic heterocycles. The number of thiophene rings is 1. The molecule has 4 aromatic rings. The Hall–Kier alpha value is -3.41. The minimum Gasteiger partial charge on any atom is -0.457 e. The van der Waals surface area contributed by atoms with Crippen molar-refractivity contribution in [2.75, 3.05) is 19.6 Å². The van der Waals surface area contributed by atoms with Gasteiger partial charge in [-0.1, -0.05) is 66.7 Å². The summed E-state index contributed by atoms with van der Waals surface area (Å²) in [5, 5.41) is 5.50. The predicted octanol–water partition coefficient (Wildman–Crippen LogP) is 5.86. The maximum atomic E-state index is 13.5. The number of amides is 1. The molecule has 1 aliphatic rings. The summed E-state index contributed by atoms with van der Waals surface area (Å²) in [5.74, 6) is 1.68. The van der Waals surface area contributed by atoms with Crippen LogP contribution in [0.3, 0.4) is 0 Å². The van der Waals surface area contributed by atoms with Gasteiger partial charge in [0.25, 0.3) is 5.91 Å². The highest BCUT2D eigenvalue weighted by molar-refractivity contribution is 7.12. The smallest absolute Gasteiger partial charge is 0.264 e. The van der Waals surface area contributed by atoms with Crippen LogP contribution < -0.4 is 10.1 Å². The molecule has 166 valence electrons. The van der Waals surface area contributed by atoms with Gasteiger partial charge in [0.1, 0.15) is 11.5 Å². The summed E-state index contributed by atoms with van der Waals surface area (Å²) in [4.78, 5) is 16.3. The highest BCUT2D eigenvalue weighted by Crippen LogP contribution is 2.36. The molecule has 1 aliphatic heterocycles. The molecule has 1 fully saturated rings. The third kappa shape index (κ3) is 5.00. The standard InChI is InChI=1S/C28H26N2O2S/c31-28(30-16-15-29-19-23(30)17-21-9-3-1-4-10-21)27-18-22(20-33-27)25-13-7-8-14-26(25)32-24-11-5-2-6-12-24/h1-14,18,20,23,29H,15-17,19H2. The number of rotatable bonds is 6. The van der Waals surface area contributed by atoms with E-state index in [-0.39, 0.29) is 11.9 Å². The highest BCUT2D eigenvalue weighted by atomic mass is 32.1. The fourth-order valence-electron chi connectivity index (χ4n) is 4.24. The Morgan fingerprint density at radius 2 is 1.70 bits per heavy atom. The lowest BCUT2D eigenvalue weighted by Crippen LogP contribution is -2.54. The van der Waals surface area contributed by atoms with Gasteiger partial charge in [0.05, 0.1) is 4.88 Å². The number of piperazine rings is 1. The number of hydrogen-bond acceptors (Lipinski definition) is 4. The van der Waals surface area contributed by atoms with Crippen molar-refractivity contribution in [2.24, 2.45) is 0 Å². The molecule has 0 bridgehead atoms. The Morgan fingerprint density at radius 1 is 0.970 bits per heavy atom. The van der Waals surface area contributed by atoms with Gasteiger partial charge in [-0.25, -0.2) is 0 Å². The van der Waals surface area contributed by atoms with Crippen LogP contribution in [0.4, 0.5) is 0 Å². The Bertz CT molecular complexity index is 1210. The molecule has 0 aliphatic carbocycles. The quantitative estimate of drug-likeness (QED) is 0.397. The summed E-state index contributed by atoms with van der Waals surface area (Å²) in [7, 11) is 0. The first-order chi connectivity index (χ1) is 16.3. The monoisotopic (exact) mass is 454 g/mol. The molecule has 2 heterocycles. The Labute approximate surface area is 198 Å². The van der Waals surface area contributed by atoms with E-state index in [1.54, 1.807) is 0 Å². The van der Waals surface area contributed by atoms with Crippen LogP contribution in [0.25, 0.3) is 11.1 Å². The van der Waals surface area contributed by atoms with Gasteiger partial charge < -0.3 is 15.0 Å². The van der Waals surface area contributed by atoms with Gasteiger partial charge in [-0.2, -0.15) is 0 Å². The van der Waals surface area contributed by atoms with Crippen molar-refractivity contribution < 1.29 is 9.53 Å². The van der Waals surface area contributed by atoms with Crippen LogP contribution in [0.1, 0.15) is 15.2 Å². The van der Waals surface area contributed by atoms with Gasteiger partial charge in [-0.15, -0.1) is 11.3 Å². The molecule has 1 unspecified atom stereocenters. The van der Waals surface area contributed by atoms with E-state index in [1.807, 2.05) is 71.6 Å². The van der Waals surface area contributed by atoms with Gasteiger partial charge in [0.2, 0.25) is 0 Å². The summed E-state index contributed by atoms with van der Waals surface area (Å²) in [6, 6.07) is 30.3. The summed E-state index contributed by atoms with van der Waals surface area (Å²) < 4.78 is 6.13. The van der Waals surface area contributed by atoms with Crippen molar-refractivity contribution in [2.45, 2.75) is 12.5 Å². The first kappa shape index (κ1) is 21.4. The number of carbonyl (C=O) groups excluding carboxylic acids is 1. The van der Waals surface area contributed by atoms with E-state index >= 15 is 0 Å². The van der Waals surface area contributed by atoms with Crippen LogP contribution in [0.5, 0.6) is 11.5 Å². The van der Waals surface area contributed by atoms with E-state index in [9.17, 15) is 4.79 Å². The number of carbonyl (C=O) groups is 1. The van der Waals surface area contributed by atoms with Crippen LogP contribution in [-0.4, -0.2) is 36.5 Å². The fraction of sp³-hybridized carbons (Fsp3) is 0.179. The van der Waals surface area contributed by atoms with Gasteiger partial charge in [0.15, 0.2) is 0 Å². The van der Waals surface area contributed by atoms with Crippen LogP contribution in [0.2, 0.25) is 0 Å². The van der Waals surface area contributed by atoms with Gasteiger partial charge in [-0.3, -0.25) is 4.79 Å². The second kappa shape index (κ2) is 10.0. The third-order valence-corrected chi connectivity index (χ3v) is 6.82. The van der Waals surface area contributed by atoms with Crippen molar-refractivity contribution in [3.05, 3.63) is 107 Å². The minimum atomic E-state index is 0.107. The van der Waals surface area contributed by atoms with Gasteiger partial charge in [0, 0.05) is 31.2 Å². The first-order valence-corrected chi connectivity index (χ1v) is 12.1. The van der Waals surface area contributed by atoms with E-state index in [2.05, 4.69) is 35.0 Å². The third-order valence-electron chi connectivity index (χ3n) is 5.90. The molecule has 3 aromatic carbocycles. The van der Waals surface area contributed by atoms with Crippen LogP contribution >= 0.6 is 11.3 Å². The average Bonchev–Trinajstić information content (AvgIpc) is 3.36. The molecule has 1 N–H and O–H groups in total. The maximum absolute atomic E-state index is 13.5. The molecule has 1 amide bonds. The lowest BCUT2D eigenvalue weighted by atomic mass is 10.0. The van der Waals surface area contributed by atoms with Crippen molar-refractivity contribution in [1.29, 1.82) is 0 Å². The molecule has 5 heteroatoms. The van der Waals surface area contributed by atoms with E-state index in [0.717, 1.165) is 53.6 Å². The number of nitrogens with zero attached hydrogens (tertiary/aromatic N) is 1. The molecule has 33 heavy (non-hydrogen) atoms. The Morgan fingerprint density at radius 3 is 2.52 bits per heavy atom. The molecule has 1 atom stereocenters. The average molecular weight is 455 g/mol. The highest BCUT2D eigenvalue weighted by Gasteiger charge is 2.28. The van der Waals surface area contributed by atoms with E-state index in [4.69, 9.17) is 4.74 Å². The second-order valence-electron chi connectivity index (χ2n) is 8.16. The predicted molar refractivity (Wildman–Crippen MR) is 134 cm³/mol.